The molecule has 0 saturated heterocycles. The SMILES string of the molecule is COc1cc(CC(=O)N[C@@H](CC(C)C)c2ccccc2)cc(OC)c1OC. The van der Waals surface area contributed by atoms with Crippen molar-refractivity contribution in [2.24, 2.45) is 5.92 Å². The molecule has 2 rings (SSSR count). The first kappa shape index (κ1) is 20.6. The van der Waals surface area contributed by atoms with E-state index in [1.54, 1.807) is 33.5 Å². The zero-order chi connectivity index (χ0) is 19.8. The van der Waals surface area contributed by atoms with Crippen LogP contribution in [0.25, 0.3) is 0 Å². The second-order valence-electron chi connectivity index (χ2n) is 6.87. The van der Waals surface area contributed by atoms with Crippen LogP contribution < -0.4 is 19.5 Å². The molecular weight excluding hydrogens is 342 g/mol. The monoisotopic (exact) mass is 371 g/mol. The fourth-order valence-electron chi connectivity index (χ4n) is 3.10. The third-order valence-electron chi connectivity index (χ3n) is 4.33. The largest absolute Gasteiger partial charge is 0.493 e. The Bertz CT molecular complexity index is 718. The summed E-state index contributed by atoms with van der Waals surface area (Å²) >= 11 is 0. The Morgan fingerprint density at radius 2 is 1.56 bits per heavy atom. The van der Waals surface area contributed by atoms with Gasteiger partial charge in [-0.25, -0.2) is 0 Å². The molecule has 1 atom stereocenters. The first-order chi connectivity index (χ1) is 13.0. The maximum atomic E-state index is 12.7. The molecule has 2 aromatic rings. The third kappa shape index (κ3) is 5.64. The van der Waals surface area contributed by atoms with E-state index >= 15 is 0 Å². The first-order valence-corrected chi connectivity index (χ1v) is 9.11. The topological polar surface area (TPSA) is 56.8 Å². The van der Waals surface area contributed by atoms with E-state index in [1.165, 1.54) is 0 Å². The summed E-state index contributed by atoms with van der Waals surface area (Å²) in [6, 6.07) is 13.7. The lowest BCUT2D eigenvalue weighted by atomic mass is 9.96. The average Bonchev–Trinajstić information content (AvgIpc) is 2.66. The standard InChI is InChI=1S/C22H29NO4/c1-15(2)11-18(17-9-7-6-8-10-17)23-21(24)14-16-12-19(25-3)22(27-5)20(13-16)26-4/h6-10,12-13,15,18H,11,14H2,1-5H3,(H,23,24)/t18-/m0/s1. The molecular formula is C22H29NO4. The minimum absolute atomic E-state index is 0.0132. The molecule has 0 fully saturated rings. The molecule has 0 aliphatic rings. The summed E-state index contributed by atoms with van der Waals surface area (Å²) in [4.78, 5) is 12.7. The lowest BCUT2D eigenvalue weighted by Crippen LogP contribution is -2.30. The van der Waals surface area contributed by atoms with E-state index in [2.05, 4.69) is 19.2 Å². The lowest BCUT2D eigenvalue weighted by molar-refractivity contribution is -0.121. The van der Waals surface area contributed by atoms with Gasteiger partial charge in [0.1, 0.15) is 0 Å². The quantitative estimate of drug-likeness (QED) is 0.719. The summed E-state index contributed by atoms with van der Waals surface area (Å²) in [6.45, 7) is 4.31. The molecule has 0 aliphatic heterocycles. The summed E-state index contributed by atoms with van der Waals surface area (Å²) in [5.41, 5.74) is 1.92. The van der Waals surface area contributed by atoms with Gasteiger partial charge in [0.2, 0.25) is 11.7 Å². The highest BCUT2D eigenvalue weighted by Crippen LogP contribution is 2.38. The van der Waals surface area contributed by atoms with Gasteiger partial charge in [0.25, 0.3) is 0 Å². The predicted octanol–water partition coefficient (Wildman–Crippen LogP) is 4.16. The number of rotatable bonds is 9. The van der Waals surface area contributed by atoms with Gasteiger partial charge in [0.05, 0.1) is 33.8 Å². The van der Waals surface area contributed by atoms with Crippen molar-refractivity contribution >= 4 is 5.91 Å². The van der Waals surface area contributed by atoms with Gasteiger partial charge >= 0.3 is 0 Å². The second kappa shape index (κ2) is 9.86. The van der Waals surface area contributed by atoms with Gasteiger partial charge in [-0.15, -0.1) is 0 Å². The molecule has 0 aromatic heterocycles. The van der Waals surface area contributed by atoms with Crippen molar-refractivity contribution in [3.05, 3.63) is 53.6 Å². The minimum atomic E-state index is -0.0428. The summed E-state index contributed by atoms with van der Waals surface area (Å²) < 4.78 is 16.1. The highest BCUT2D eigenvalue weighted by atomic mass is 16.5. The summed E-state index contributed by atoms with van der Waals surface area (Å²) in [7, 11) is 4.69. The van der Waals surface area contributed by atoms with Crippen LogP contribution in [0.1, 0.15) is 37.4 Å². The molecule has 0 aliphatic carbocycles. The molecule has 27 heavy (non-hydrogen) atoms. The Kier molecular flexibility index (Phi) is 7.53. The third-order valence-corrected chi connectivity index (χ3v) is 4.33. The number of carbonyl (C=O) groups is 1. The van der Waals surface area contributed by atoms with Gasteiger partial charge in [-0.05, 0) is 35.6 Å². The number of nitrogens with one attached hydrogen (secondary N) is 1. The van der Waals surface area contributed by atoms with Gasteiger partial charge in [-0.1, -0.05) is 44.2 Å². The molecule has 2 aromatic carbocycles. The lowest BCUT2D eigenvalue weighted by Gasteiger charge is -2.21. The van der Waals surface area contributed by atoms with E-state index in [0.717, 1.165) is 17.5 Å². The van der Waals surface area contributed by atoms with Gasteiger partial charge < -0.3 is 19.5 Å². The van der Waals surface area contributed by atoms with Crippen LogP contribution in [0.2, 0.25) is 0 Å². The number of hydrogen-bond donors (Lipinski definition) is 1. The van der Waals surface area contributed by atoms with Gasteiger partial charge in [0, 0.05) is 0 Å². The van der Waals surface area contributed by atoms with Crippen molar-refractivity contribution in [1.82, 2.24) is 5.32 Å². The van der Waals surface area contributed by atoms with Gasteiger partial charge in [-0.2, -0.15) is 0 Å². The summed E-state index contributed by atoms with van der Waals surface area (Å²) in [5, 5.41) is 3.16. The number of ether oxygens (including phenoxy) is 3. The van der Waals surface area contributed by atoms with Crippen LogP contribution in [0.15, 0.2) is 42.5 Å². The second-order valence-corrected chi connectivity index (χ2v) is 6.87. The molecule has 5 nitrogen and oxygen atoms in total. The average molecular weight is 371 g/mol. The summed E-state index contributed by atoms with van der Waals surface area (Å²) in [6.07, 6.45) is 1.11. The molecule has 0 radical (unpaired) electrons. The van der Waals surface area contributed by atoms with Crippen molar-refractivity contribution in [2.75, 3.05) is 21.3 Å². The fourth-order valence-corrected chi connectivity index (χ4v) is 3.10. The van der Waals surface area contributed by atoms with Crippen LogP contribution in [0.4, 0.5) is 0 Å². The summed E-state index contributed by atoms with van der Waals surface area (Å²) in [5.74, 6) is 2.03. The van der Waals surface area contributed by atoms with E-state index in [-0.39, 0.29) is 18.4 Å². The fraction of sp³-hybridized carbons (Fsp3) is 0.409. The highest BCUT2D eigenvalue weighted by molar-refractivity contribution is 5.79. The number of methoxy groups -OCH3 is 3. The Morgan fingerprint density at radius 1 is 0.963 bits per heavy atom. The molecule has 5 heteroatoms. The van der Waals surface area contributed by atoms with Crippen molar-refractivity contribution in [2.45, 2.75) is 32.7 Å². The normalized spacial score (nSPS) is 11.8. The van der Waals surface area contributed by atoms with Crippen LogP contribution in [0, 0.1) is 5.92 Å². The zero-order valence-electron chi connectivity index (χ0n) is 16.7. The molecule has 0 heterocycles. The van der Waals surface area contributed by atoms with Crippen molar-refractivity contribution in [3.8, 4) is 17.2 Å². The Labute approximate surface area is 161 Å². The van der Waals surface area contributed by atoms with Gasteiger partial charge in [0.15, 0.2) is 11.5 Å². The number of carbonyl (C=O) groups excluding carboxylic acids is 1. The molecule has 146 valence electrons. The molecule has 0 bridgehead atoms. The Hall–Kier alpha value is -2.69. The molecule has 0 saturated carbocycles. The smallest absolute Gasteiger partial charge is 0.224 e. The van der Waals surface area contributed by atoms with Crippen LogP contribution in [0.5, 0.6) is 17.2 Å². The van der Waals surface area contributed by atoms with E-state index in [0.29, 0.717) is 23.2 Å². The number of benzene rings is 2. The number of amides is 1. The van der Waals surface area contributed by atoms with Crippen LogP contribution in [-0.2, 0) is 11.2 Å². The van der Waals surface area contributed by atoms with Crippen molar-refractivity contribution in [3.63, 3.8) is 0 Å². The van der Waals surface area contributed by atoms with Crippen LogP contribution in [0.3, 0.4) is 0 Å². The van der Waals surface area contributed by atoms with Crippen molar-refractivity contribution < 1.29 is 19.0 Å². The minimum Gasteiger partial charge on any atom is -0.493 e. The van der Waals surface area contributed by atoms with Crippen LogP contribution in [-0.4, -0.2) is 27.2 Å². The Morgan fingerprint density at radius 3 is 2.04 bits per heavy atom. The maximum absolute atomic E-state index is 12.7. The highest BCUT2D eigenvalue weighted by Gasteiger charge is 2.18. The van der Waals surface area contributed by atoms with E-state index in [1.807, 2.05) is 30.3 Å². The van der Waals surface area contributed by atoms with E-state index in [4.69, 9.17) is 14.2 Å². The molecule has 1 amide bonds. The Balaban J connectivity index is 2.17. The molecule has 0 spiro atoms. The van der Waals surface area contributed by atoms with Gasteiger partial charge in [-0.3, -0.25) is 4.79 Å². The maximum Gasteiger partial charge on any atom is 0.224 e. The van der Waals surface area contributed by atoms with E-state index < -0.39 is 0 Å². The molecule has 1 N–H and O–H groups in total. The van der Waals surface area contributed by atoms with Crippen LogP contribution >= 0.6 is 0 Å². The number of hydrogen-bond acceptors (Lipinski definition) is 4. The predicted molar refractivity (Wildman–Crippen MR) is 107 cm³/mol. The zero-order valence-corrected chi connectivity index (χ0v) is 16.7. The first-order valence-electron chi connectivity index (χ1n) is 9.11. The van der Waals surface area contributed by atoms with Crippen molar-refractivity contribution in [1.29, 1.82) is 0 Å². The molecule has 0 unspecified atom stereocenters. The van der Waals surface area contributed by atoms with E-state index in [9.17, 15) is 4.79 Å².